The van der Waals surface area contributed by atoms with Crippen molar-refractivity contribution in [1.29, 1.82) is 0 Å². The first kappa shape index (κ1) is 31.1. The smallest absolute Gasteiger partial charge is 0.475 e. The van der Waals surface area contributed by atoms with Crippen LogP contribution in [0, 0.1) is 5.92 Å². The second kappa shape index (κ2) is 15.1. The van der Waals surface area contributed by atoms with E-state index in [1.165, 1.54) is 0 Å². The van der Waals surface area contributed by atoms with Gasteiger partial charge < -0.3 is 27.2 Å². The maximum atomic E-state index is 13.1. The molecule has 0 radical (unpaired) electrons. The van der Waals surface area contributed by atoms with Gasteiger partial charge in [-0.2, -0.15) is 13.2 Å². The Kier molecular flexibility index (Phi) is 13.8. The molecular formula is C21H36F3N5O5. The molecule has 34 heavy (non-hydrogen) atoms. The molecular weight excluding hydrogens is 459 g/mol. The molecule has 0 bridgehead atoms. The molecule has 1 aliphatic rings. The number of rotatable bonds is 6. The van der Waals surface area contributed by atoms with E-state index >= 15 is 0 Å². The monoisotopic (exact) mass is 495 g/mol. The lowest BCUT2D eigenvalue weighted by molar-refractivity contribution is -0.192. The number of alkyl halides is 3. The Hall–Kier alpha value is -2.86. The summed E-state index contributed by atoms with van der Waals surface area (Å²) in [5.41, 5.74) is 9.76. The lowest BCUT2D eigenvalue weighted by Gasteiger charge is -2.32. The maximum absolute atomic E-state index is 13.1. The lowest BCUT2D eigenvalue weighted by Crippen LogP contribution is -2.54. The summed E-state index contributed by atoms with van der Waals surface area (Å²) < 4.78 is 31.7. The van der Waals surface area contributed by atoms with Crippen molar-refractivity contribution in [2.45, 2.75) is 83.4 Å². The number of nitrogens with two attached hydrogens (primary N) is 2. The van der Waals surface area contributed by atoms with Crippen molar-refractivity contribution in [1.82, 2.24) is 10.6 Å². The zero-order valence-corrected chi connectivity index (χ0v) is 19.7. The summed E-state index contributed by atoms with van der Waals surface area (Å²) >= 11 is 0. The average Bonchev–Trinajstić information content (AvgIpc) is 2.76. The lowest BCUT2D eigenvalue weighted by atomic mass is 9.81. The molecule has 13 heteroatoms. The van der Waals surface area contributed by atoms with E-state index < -0.39 is 23.6 Å². The molecule has 2 amide bonds. The van der Waals surface area contributed by atoms with Crippen LogP contribution in [0.25, 0.3) is 0 Å². The molecule has 0 aliphatic carbocycles. The number of aliphatic imine (C=N–C) groups is 1. The maximum Gasteiger partial charge on any atom is 0.490 e. The van der Waals surface area contributed by atoms with Crippen molar-refractivity contribution in [2.24, 2.45) is 22.4 Å². The quantitative estimate of drug-likeness (QED) is 0.211. The topological polar surface area (TPSA) is 177 Å². The van der Waals surface area contributed by atoms with E-state index in [0.29, 0.717) is 45.2 Å². The molecule has 1 aliphatic heterocycles. The average molecular weight is 496 g/mol. The van der Waals surface area contributed by atoms with E-state index in [2.05, 4.69) is 15.6 Å². The van der Waals surface area contributed by atoms with Crippen LogP contribution in [0.5, 0.6) is 0 Å². The fourth-order valence-corrected chi connectivity index (χ4v) is 3.45. The summed E-state index contributed by atoms with van der Waals surface area (Å²) in [6.07, 6.45) is 0.0177. The van der Waals surface area contributed by atoms with Crippen LogP contribution in [-0.4, -0.2) is 59.4 Å². The van der Waals surface area contributed by atoms with Crippen molar-refractivity contribution in [3.05, 3.63) is 0 Å². The van der Waals surface area contributed by atoms with Crippen LogP contribution in [0.2, 0.25) is 0 Å². The molecule has 1 saturated heterocycles. The minimum Gasteiger partial charge on any atom is -0.475 e. The number of Topliss-reactive ketones (excluding diaryl/α,β-unsaturated/α-hetero) is 1. The SMILES string of the molecule is CCC1(CC)NC(=O)CCCCCNC(=O)[C@H](CCCN=C(N)N)CC1=O.O=C(O)C(F)(F)F. The molecule has 1 fully saturated rings. The van der Waals surface area contributed by atoms with E-state index in [-0.39, 0.29) is 30.0 Å². The second-order valence-electron chi connectivity index (χ2n) is 8.02. The normalized spacial score (nSPS) is 19.7. The number of halogens is 3. The van der Waals surface area contributed by atoms with Crippen molar-refractivity contribution in [3.63, 3.8) is 0 Å². The Morgan fingerprint density at radius 2 is 1.74 bits per heavy atom. The largest absolute Gasteiger partial charge is 0.490 e. The molecule has 1 rings (SSSR count). The number of carbonyl (C=O) groups is 4. The van der Waals surface area contributed by atoms with Crippen molar-refractivity contribution in [3.8, 4) is 0 Å². The van der Waals surface area contributed by atoms with Crippen molar-refractivity contribution >= 4 is 29.5 Å². The number of carbonyl (C=O) groups excluding carboxylic acids is 3. The Bertz CT molecular complexity index is 720. The number of guanidine groups is 1. The number of amides is 2. The number of carboxylic acids is 1. The number of carboxylic acid groups (broad SMARTS) is 1. The first-order valence-electron chi connectivity index (χ1n) is 11.3. The van der Waals surface area contributed by atoms with Gasteiger partial charge in [-0.3, -0.25) is 19.4 Å². The predicted octanol–water partition coefficient (Wildman–Crippen LogP) is 1.61. The molecule has 1 atom stereocenters. The molecule has 10 nitrogen and oxygen atoms in total. The summed E-state index contributed by atoms with van der Waals surface area (Å²) in [7, 11) is 0. The number of nitrogens with zero attached hydrogens (tertiary/aromatic N) is 1. The van der Waals surface area contributed by atoms with Gasteiger partial charge in [0.1, 0.15) is 0 Å². The number of nitrogens with one attached hydrogen (secondary N) is 2. The molecule has 0 aromatic carbocycles. The van der Waals surface area contributed by atoms with Gasteiger partial charge in [0.2, 0.25) is 11.8 Å². The molecule has 0 aromatic heterocycles. The Morgan fingerprint density at radius 3 is 2.24 bits per heavy atom. The Balaban J connectivity index is 0.00000135. The van der Waals surface area contributed by atoms with Gasteiger partial charge in [-0.15, -0.1) is 0 Å². The summed E-state index contributed by atoms with van der Waals surface area (Å²) in [4.78, 5) is 50.8. The van der Waals surface area contributed by atoms with Gasteiger partial charge >= 0.3 is 12.1 Å². The van der Waals surface area contributed by atoms with Crippen LogP contribution < -0.4 is 22.1 Å². The van der Waals surface area contributed by atoms with E-state index in [0.717, 1.165) is 19.3 Å². The van der Waals surface area contributed by atoms with Crippen LogP contribution in [0.1, 0.15) is 71.6 Å². The van der Waals surface area contributed by atoms with Gasteiger partial charge in [0.25, 0.3) is 0 Å². The third-order valence-corrected chi connectivity index (χ3v) is 5.55. The van der Waals surface area contributed by atoms with E-state index in [4.69, 9.17) is 21.4 Å². The summed E-state index contributed by atoms with van der Waals surface area (Å²) in [6, 6.07) is 0. The van der Waals surface area contributed by atoms with Crippen LogP contribution in [-0.2, 0) is 19.2 Å². The zero-order valence-electron chi connectivity index (χ0n) is 19.7. The number of ketones is 1. The molecule has 1 heterocycles. The molecule has 196 valence electrons. The van der Waals surface area contributed by atoms with Crippen LogP contribution >= 0.6 is 0 Å². The zero-order chi connectivity index (χ0) is 26.4. The van der Waals surface area contributed by atoms with Crippen LogP contribution in [0.15, 0.2) is 4.99 Å². The van der Waals surface area contributed by atoms with E-state index in [9.17, 15) is 27.6 Å². The molecule has 0 aromatic rings. The molecule has 0 spiro atoms. The van der Waals surface area contributed by atoms with Gasteiger partial charge in [0.15, 0.2) is 11.7 Å². The van der Waals surface area contributed by atoms with Crippen molar-refractivity contribution < 1.29 is 37.5 Å². The van der Waals surface area contributed by atoms with Gasteiger partial charge in [-0.05, 0) is 38.5 Å². The standard InChI is InChI=1S/C19H35N5O3.C2HF3O2/c1-3-19(4-2)15(25)13-14(9-8-12-23-18(20)21)17(27)22-11-7-5-6-10-16(26)24-19;3-2(4,5)1(6)7/h14H,3-13H2,1-2H3,(H,22,27)(H,24,26)(H4,20,21,23);(H,6,7)/t14-;/m1./s1. The Labute approximate surface area is 197 Å². The van der Waals surface area contributed by atoms with Gasteiger partial charge in [-0.25, -0.2) is 4.79 Å². The van der Waals surface area contributed by atoms with Crippen LogP contribution in [0.4, 0.5) is 13.2 Å². The number of hydrogen-bond acceptors (Lipinski definition) is 5. The van der Waals surface area contributed by atoms with E-state index in [1.54, 1.807) is 0 Å². The highest BCUT2D eigenvalue weighted by Crippen LogP contribution is 2.24. The third kappa shape index (κ3) is 11.8. The second-order valence-corrected chi connectivity index (χ2v) is 8.02. The first-order valence-corrected chi connectivity index (χ1v) is 11.3. The molecule has 7 N–H and O–H groups in total. The van der Waals surface area contributed by atoms with Gasteiger partial charge in [0.05, 0.1) is 5.54 Å². The molecule has 0 saturated carbocycles. The summed E-state index contributed by atoms with van der Waals surface area (Å²) in [5, 5.41) is 13.0. The fourth-order valence-electron chi connectivity index (χ4n) is 3.45. The predicted molar refractivity (Wildman–Crippen MR) is 120 cm³/mol. The van der Waals surface area contributed by atoms with Crippen molar-refractivity contribution in [2.75, 3.05) is 13.1 Å². The number of hydrogen-bond donors (Lipinski definition) is 5. The van der Waals surface area contributed by atoms with Gasteiger partial charge in [0, 0.05) is 31.8 Å². The minimum atomic E-state index is -5.08. The summed E-state index contributed by atoms with van der Waals surface area (Å²) in [5.74, 6) is -3.46. The number of aliphatic carboxylic acids is 1. The highest BCUT2D eigenvalue weighted by Gasteiger charge is 2.39. The Morgan fingerprint density at radius 1 is 1.15 bits per heavy atom. The summed E-state index contributed by atoms with van der Waals surface area (Å²) in [6.45, 7) is 4.77. The van der Waals surface area contributed by atoms with Crippen LogP contribution in [0.3, 0.4) is 0 Å². The highest BCUT2D eigenvalue weighted by atomic mass is 19.4. The fraction of sp³-hybridized carbons (Fsp3) is 0.762. The highest BCUT2D eigenvalue weighted by molar-refractivity contribution is 5.95. The molecule has 0 unspecified atom stereocenters. The first-order chi connectivity index (χ1) is 15.8. The third-order valence-electron chi connectivity index (χ3n) is 5.55. The van der Waals surface area contributed by atoms with E-state index in [1.807, 2.05) is 13.8 Å². The van der Waals surface area contributed by atoms with Gasteiger partial charge in [-0.1, -0.05) is 20.3 Å². The minimum absolute atomic E-state index is 0.0177.